The molecule has 0 aromatic rings. The van der Waals surface area contributed by atoms with Crippen LogP contribution in [0.1, 0.15) is 6.42 Å². The summed E-state index contributed by atoms with van der Waals surface area (Å²) in [5.74, 6) is 0. The van der Waals surface area contributed by atoms with Gasteiger partial charge in [0.05, 0.1) is 12.7 Å². The highest BCUT2D eigenvalue weighted by molar-refractivity contribution is 4.86. The molecule has 1 fully saturated rings. The summed E-state index contributed by atoms with van der Waals surface area (Å²) in [5.41, 5.74) is 0. The number of hydrogen-bond donors (Lipinski definition) is 0. The molecule has 0 N–H and O–H groups in total. The van der Waals surface area contributed by atoms with Crippen LogP contribution in [0.25, 0.3) is 0 Å². The van der Waals surface area contributed by atoms with Crippen molar-refractivity contribution in [3.63, 3.8) is 0 Å². The van der Waals surface area contributed by atoms with Gasteiger partial charge in [-0.3, -0.25) is 0 Å². The Balaban J connectivity index is 2.56. The minimum Gasteiger partial charge on any atom is -0.382 e. The molecule has 1 rings (SSSR count). The summed E-state index contributed by atoms with van der Waals surface area (Å²) in [5, 5.41) is 0. The van der Waals surface area contributed by atoms with E-state index in [1.165, 1.54) is 14.2 Å². The topological polar surface area (TPSA) is 27.7 Å². The van der Waals surface area contributed by atoms with Crippen molar-refractivity contribution < 1.29 is 27.4 Å². The Bertz CT molecular complexity index is 183. The van der Waals surface area contributed by atoms with Crippen LogP contribution in [-0.4, -0.2) is 45.3 Å². The Hall–Kier alpha value is -0.330. The van der Waals surface area contributed by atoms with Crippen molar-refractivity contribution in [1.29, 1.82) is 0 Å². The van der Waals surface area contributed by atoms with Gasteiger partial charge in [0.25, 0.3) is 0 Å². The molecule has 1 aliphatic heterocycles. The van der Waals surface area contributed by atoms with E-state index >= 15 is 0 Å². The van der Waals surface area contributed by atoms with Crippen molar-refractivity contribution in [3.8, 4) is 0 Å². The highest BCUT2D eigenvalue weighted by Crippen LogP contribution is 2.34. The minimum absolute atomic E-state index is 0.116. The van der Waals surface area contributed by atoms with E-state index in [2.05, 4.69) is 0 Å². The molecular formula is C8H13F3O3. The van der Waals surface area contributed by atoms with Crippen molar-refractivity contribution in [2.75, 3.05) is 20.8 Å². The molecule has 0 saturated carbocycles. The standard InChI is InChI=1S/C8H13F3O3/c1-12-4-6-5(13-2)3-7(14-6)8(9,10)11/h5-7H,3-4H2,1-2H3/t5?,6-,7-/m1/s1. The van der Waals surface area contributed by atoms with Crippen LogP contribution in [-0.2, 0) is 14.2 Å². The van der Waals surface area contributed by atoms with Crippen LogP contribution in [0.15, 0.2) is 0 Å². The maximum atomic E-state index is 12.3. The zero-order valence-corrected chi connectivity index (χ0v) is 8.00. The van der Waals surface area contributed by atoms with Gasteiger partial charge < -0.3 is 14.2 Å². The number of methoxy groups -OCH3 is 2. The Morgan fingerprint density at radius 1 is 1.36 bits per heavy atom. The van der Waals surface area contributed by atoms with Gasteiger partial charge in [-0.2, -0.15) is 13.2 Å². The van der Waals surface area contributed by atoms with Crippen LogP contribution in [0, 0.1) is 0 Å². The summed E-state index contributed by atoms with van der Waals surface area (Å²) in [4.78, 5) is 0. The zero-order valence-electron chi connectivity index (χ0n) is 8.00. The molecule has 0 aliphatic carbocycles. The zero-order chi connectivity index (χ0) is 10.8. The van der Waals surface area contributed by atoms with Crippen molar-refractivity contribution in [2.45, 2.75) is 30.9 Å². The molecule has 14 heavy (non-hydrogen) atoms. The second-order valence-corrected chi connectivity index (χ2v) is 3.17. The summed E-state index contributed by atoms with van der Waals surface area (Å²) < 4.78 is 51.2. The molecule has 0 amide bonds. The quantitative estimate of drug-likeness (QED) is 0.710. The first kappa shape index (κ1) is 11.7. The maximum Gasteiger partial charge on any atom is 0.414 e. The van der Waals surface area contributed by atoms with E-state index < -0.39 is 24.5 Å². The summed E-state index contributed by atoms with van der Waals surface area (Å²) >= 11 is 0. The molecule has 1 heterocycles. The molecule has 6 heteroatoms. The van der Waals surface area contributed by atoms with E-state index in [9.17, 15) is 13.2 Å². The largest absolute Gasteiger partial charge is 0.414 e. The lowest BCUT2D eigenvalue weighted by molar-refractivity contribution is -0.217. The average Bonchev–Trinajstić information content (AvgIpc) is 2.47. The van der Waals surface area contributed by atoms with Gasteiger partial charge in [-0.25, -0.2) is 0 Å². The molecule has 0 spiro atoms. The molecule has 0 aromatic carbocycles. The fourth-order valence-electron chi connectivity index (χ4n) is 1.49. The van der Waals surface area contributed by atoms with Gasteiger partial charge in [-0.15, -0.1) is 0 Å². The molecule has 3 atom stereocenters. The SMILES string of the molecule is COC[C@H]1O[C@@H](C(F)(F)F)CC1OC. The number of rotatable bonds is 3. The predicted octanol–water partition coefficient (Wildman–Crippen LogP) is 1.37. The van der Waals surface area contributed by atoms with Crippen molar-refractivity contribution in [3.05, 3.63) is 0 Å². The van der Waals surface area contributed by atoms with Gasteiger partial charge in [0.15, 0.2) is 6.10 Å². The number of alkyl halides is 3. The molecule has 1 aliphatic rings. The maximum absolute atomic E-state index is 12.3. The third-order valence-electron chi connectivity index (χ3n) is 2.20. The van der Waals surface area contributed by atoms with E-state index in [0.717, 1.165) is 0 Å². The van der Waals surface area contributed by atoms with Crippen LogP contribution in [0.5, 0.6) is 0 Å². The highest BCUT2D eigenvalue weighted by atomic mass is 19.4. The normalized spacial score (nSPS) is 33.6. The van der Waals surface area contributed by atoms with Crippen LogP contribution in [0.2, 0.25) is 0 Å². The van der Waals surface area contributed by atoms with Crippen molar-refractivity contribution in [2.24, 2.45) is 0 Å². The molecular weight excluding hydrogens is 201 g/mol. The molecule has 3 nitrogen and oxygen atoms in total. The monoisotopic (exact) mass is 214 g/mol. The average molecular weight is 214 g/mol. The Morgan fingerprint density at radius 2 is 2.00 bits per heavy atom. The van der Waals surface area contributed by atoms with E-state index in [1.54, 1.807) is 0 Å². The molecule has 0 radical (unpaired) electrons. The molecule has 0 aromatic heterocycles. The van der Waals surface area contributed by atoms with Gasteiger partial charge >= 0.3 is 6.18 Å². The van der Waals surface area contributed by atoms with Crippen molar-refractivity contribution >= 4 is 0 Å². The fourth-order valence-corrected chi connectivity index (χ4v) is 1.49. The van der Waals surface area contributed by atoms with Crippen LogP contribution in [0.3, 0.4) is 0 Å². The second-order valence-electron chi connectivity index (χ2n) is 3.17. The Labute approximate surface area is 80.1 Å². The van der Waals surface area contributed by atoms with Gasteiger partial charge in [-0.1, -0.05) is 0 Å². The highest BCUT2D eigenvalue weighted by Gasteiger charge is 2.49. The van der Waals surface area contributed by atoms with Crippen molar-refractivity contribution in [1.82, 2.24) is 0 Å². The number of ether oxygens (including phenoxy) is 3. The van der Waals surface area contributed by atoms with E-state index in [-0.39, 0.29) is 13.0 Å². The Morgan fingerprint density at radius 3 is 2.43 bits per heavy atom. The first-order valence-electron chi connectivity index (χ1n) is 4.23. The van der Waals surface area contributed by atoms with Gasteiger partial charge in [0.2, 0.25) is 0 Å². The van der Waals surface area contributed by atoms with E-state index in [0.29, 0.717) is 0 Å². The summed E-state index contributed by atoms with van der Waals surface area (Å²) in [6.45, 7) is 0.116. The van der Waals surface area contributed by atoms with E-state index in [4.69, 9.17) is 14.2 Å². The number of halogens is 3. The lowest BCUT2D eigenvalue weighted by Crippen LogP contribution is -2.30. The molecule has 84 valence electrons. The summed E-state index contributed by atoms with van der Waals surface area (Å²) in [7, 11) is 2.78. The lowest BCUT2D eigenvalue weighted by Gasteiger charge is -2.16. The molecule has 1 unspecified atom stereocenters. The van der Waals surface area contributed by atoms with Crippen LogP contribution >= 0.6 is 0 Å². The van der Waals surface area contributed by atoms with Crippen LogP contribution < -0.4 is 0 Å². The van der Waals surface area contributed by atoms with Gasteiger partial charge in [-0.05, 0) is 0 Å². The first-order chi connectivity index (χ1) is 6.49. The smallest absolute Gasteiger partial charge is 0.382 e. The fraction of sp³-hybridized carbons (Fsp3) is 1.00. The summed E-state index contributed by atoms with van der Waals surface area (Å²) in [6, 6.07) is 0. The predicted molar refractivity (Wildman–Crippen MR) is 42.0 cm³/mol. The second kappa shape index (κ2) is 4.46. The first-order valence-corrected chi connectivity index (χ1v) is 4.23. The molecule has 1 saturated heterocycles. The lowest BCUT2D eigenvalue weighted by atomic mass is 10.1. The van der Waals surface area contributed by atoms with Gasteiger partial charge in [0, 0.05) is 20.6 Å². The van der Waals surface area contributed by atoms with Gasteiger partial charge in [0.1, 0.15) is 6.10 Å². The third-order valence-corrected chi connectivity index (χ3v) is 2.20. The third kappa shape index (κ3) is 2.59. The number of hydrogen-bond acceptors (Lipinski definition) is 3. The summed E-state index contributed by atoms with van der Waals surface area (Å²) in [6.07, 6.45) is -7.38. The Kier molecular flexibility index (Phi) is 3.74. The molecule has 0 bridgehead atoms. The van der Waals surface area contributed by atoms with E-state index in [1.807, 2.05) is 0 Å². The minimum atomic E-state index is -4.32. The van der Waals surface area contributed by atoms with Crippen LogP contribution in [0.4, 0.5) is 13.2 Å².